The molecule has 220 valence electrons. The Bertz CT molecular complexity index is 1180. The van der Waals surface area contributed by atoms with Crippen LogP contribution in [0.4, 0.5) is 0 Å². The topological polar surface area (TPSA) is 204 Å². The third kappa shape index (κ3) is 10.4. The third-order valence-electron chi connectivity index (χ3n) is 6.20. The van der Waals surface area contributed by atoms with Crippen LogP contribution in [0.1, 0.15) is 31.2 Å². The minimum Gasteiger partial charge on any atom is -0.481 e. The highest BCUT2D eigenvalue weighted by molar-refractivity contribution is 7.98. The number of amides is 3. The van der Waals surface area contributed by atoms with E-state index in [9.17, 15) is 29.1 Å². The molecule has 2 rings (SSSR count). The molecule has 1 heterocycles. The Kier molecular flexibility index (Phi) is 13.8. The van der Waals surface area contributed by atoms with E-state index >= 15 is 0 Å². The van der Waals surface area contributed by atoms with E-state index in [1.807, 2.05) is 30.5 Å². The first kappa shape index (κ1) is 33.0. The van der Waals surface area contributed by atoms with Crippen LogP contribution in [0.3, 0.4) is 0 Å². The van der Waals surface area contributed by atoms with Gasteiger partial charge in [0.05, 0.1) is 6.04 Å². The standard InChI is InChI=1S/C26H37N5O7S2/c1-39-11-9-20(29-23(34)17(27)13-15-14-28-18-6-4-3-5-16(15)18)25(36)30-19(7-8-22(32)33)24(35)31-21(26(37)38)10-12-40-2/h3-6,14,17,19-21,28H,7-13,27H2,1-2H3,(H,29,34)(H,30,36)(H,31,35)(H,32,33)(H,37,38). The van der Waals surface area contributed by atoms with E-state index in [-0.39, 0.29) is 25.7 Å². The number of hydrogen-bond donors (Lipinski definition) is 7. The molecule has 0 bridgehead atoms. The van der Waals surface area contributed by atoms with Crippen LogP contribution in [-0.4, -0.2) is 93.0 Å². The Morgan fingerprint density at radius 3 is 2.00 bits per heavy atom. The number of fused-ring (bicyclic) bond motifs is 1. The van der Waals surface area contributed by atoms with Crippen molar-refractivity contribution in [1.29, 1.82) is 0 Å². The van der Waals surface area contributed by atoms with E-state index in [1.54, 1.807) is 12.5 Å². The largest absolute Gasteiger partial charge is 0.481 e. The zero-order valence-electron chi connectivity index (χ0n) is 22.5. The predicted octanol–water partition coefficient (Wildman–Crippen LogP) is 0.948. The molecule has 0 aliphatic rings. The van der Waals surface area contributed by atoms with Gasteiger partial charge in [0.2, 0.25) is 17.7 Å². The van der Waals surface area contributed by atoms with Crippen molar-refractivity contribution < 1.29 is 34.2 Å². The summed E-state index contributed by atoms with van der Waals surface area (Å²) < 4.78 is 0. The summed E-state index contributed by atoms with van der Waals surface area (Å²) in [4.78, 5) is 65.0. The van der Waals surface area contributed by atoms with E-state index < -0.39 is 60.2 Å². The van der Waals surface area contributed by atoms with Crippen molar-refractivity contribution in [2.24, 2.45) is 5.73 Å². The van der Waals surface area contributed by atoms with Gasteiger partial charge in [-0.05, 0) is 61.3 Å². The lowest BCUT2D eigenvalue weighted by Crippen LogP contribution is -2.57. The lowest BCUT2D eigenvalue weighted by Gasteiger charge is -2.25. The molecule has 2 aromatic rings. The molecule has 12 nitrogen and oxygen atoms in total. The number of carbonyl (C=O) groups is 5. The number of hydrogen-bond acceptors (Lipinski definition) is 8. The van der Waals surface area contributed by atoms with Gasteiger partial charge in [0.1, 0.15) is 18.1 Å². The number of para-hydroxylation sites is 1. The van der Waals surface area contributed by atoms with Gasteiger partial charge < -0.3 is 36.9 Å². The number of aromatic nitrogens is 1. The van der Waals surface area contributed by atoms with Crippen LogP contribution in [0, 0.1) is 0 Å². The van der Waals surface area contributed by atoms with Gasteiger partial charge >= 0.3 is 11.9 Å². The molecule has 0 saturated heterocycles. The van der Waals surface area contributed by atoms with Crippen LogP contribution in [0.5, 0.6) is 0 Å². The van der Waals surface area contributed by atoms with Crippen LogP contribution in [0.25, 0.3) is 10.9 Å². The van der Waals surface area contributed by atoms with E-state index in [2.05, 4.69) is 20.9 Å². The number of carboxylic acid groups (broad SMARTS) is 2. The molecule has 8 N–H and O–H groups in total. The zero-order chi connectivity index (χ0) is 29.7. The van der Waals surface area contributed by atoms with Crippen molar-refractivity contribution in [3.63, 3.8) is 0 Å². The Hall–Kier alpha value is -3.23. The normalized spacial score (nSPS) is 14.1. The van der Waals surface area contributed by atoms with Crippen LogP contribution in [-0.2, 0) is 30.4 Å². The number of aromatic amines is 1. The summed E-state index contributed by atoms with van der Waals surface area (Å²) in [6.07, 6.45) is 5.34. The smallest absolute Gasteiger partial charge is 0.326 e. The highest BCUT2D eigenvalue weighted by atomic mass is 32.2. The molecule has 0 aliphatic carbocycles. The summed E-state index contributed by atoms with van der Waals surface area (Å²) in [7, 11) is 0. The maximum absolute atomic E-state index is 13.2. The molecule has 0 radical (unpaired) electrons. The van der Waals surface area contributed by atoms with Gasteiger partial charge in [0.25, 0.3) is 0 Å². The minimum atomic E-state index is -1.31. The summed E-state index contributed by atoms with van der Waals surface area (Å²) in [6.45, 7) is 0. The fourth-order valence-electron chi connectivity index (χ4n) is 3.99. The molecule has 4 unspecified atom stereocenters. The minimum absolute atomic E-state index is 0.155. The summed E-state index contributed by atoms with van der Waals surface area (Å²) >= 11 is 2.87. The van der Waals surface area contributed by atoms with Gasteiger partial charge in [0, 0.05) is 23.5 Å². The van der Waals surface area contributed by atoms with Gasteiger partial charge in [0.15, 0.2) is 0 Å². The van der Waals surface area contributed by atoms with E-state index in [4.69, 9.17) is 10.8 Å². The number of benzene rings is 1. The van der Waals surface area contributed by atoms with Crippen LogP contribution >= 0.6 is 23.5 Å². The fourth-order valence-corrected chi connectivity index (χ4v) is 4.93. The van der Waals surface area contributed by atoms with Gasteiger partial charge in [-0.1, -0.05) is 18.2 Å². The fraction of sp³-hybridized carbons (Fsp3) is 0.500. The van der Waals surface area contributed by atoms with Crippen LogP contribution in [0.2, 0.25) is 0 Å². The van der Waals surface area contributed by atoms with Crippen LogP contribution in [0.15, 0.2) is 30.5 Å². The number of H-pyrrole nitrogens is 1. The quantitative estimate of drug-likeness (QED) is 0.130. The SMILES string of the molecule is CSCCC(NC(=O)C(CCC(=O)O)NC(=O)C(CCSC)NC(=O)C(N)Cc1c[nH]c2ccccc12)C(=O)O. The molecule has 40 heavy (non-hydrogen) atoms. The Balaban J connectivity index is 2.12. The second-order valence-electron chi connectivity index (χ2n) is 9.19. The average Bonchev–Trinajstić information content (AvgIpc) is 3.33. The van der Waals surface area contributed by atoms with Gasteiger partial charge in [-0.25, -0.2) is 4.79 Å². The number of carbonyl (C=O) groups excluding carboxylic acids is 3. The third-order valence-corrected chi connectivity index (χ3v) is 7.49. The van der Waals surface area contributed by atoms with Gasteiger partial charge in [-0.15, -0.1) is 0 Å². The molecular formula is C26H37N5O7S2. The van der Waals surface area contributed by atoms with E-state index in [0.29, 0.717) is 11.5 Å². The van der Waals surface area contributed by atoms with Gasteiger partial charge in [-0.2, -0.15) is 23.5 Å². The molecular weight excluding hydrogens is 558 g/mol. The highest BCUT2D eigenvalue weighted by Crippen LogP contribution is 2.19. The Morgan fingerprint density at radius 1 is 0.850 bits per heavy atom. The summed E-state index contributed by atoms with van der Waals surface area (Å²) in [5.41, 5.74) is 7.94. The zero-order valence-corrected chi connectivity index (χ0v) is 24.1. The first-order valence-electron chi connectivity index (χ1n) is 12.7. The number of nitrogens with one attached hydrogen (secondary N) is 4. The number of thioether (sulfide) groups is 2. The van der Waals surface area contributed by atoms with Crippen molar-refractivity contribution >= 4 is 64.1 Å². The molecule has 1 aromatic heterocycles. The molecule has 14 heteroatoms. The van der Waals surface area contributed by atoms with Gasteiger partial charge in [-0.3, -0.25) is 19.2 Å². The molecule has 0 aliphatic heterocycles. The molecule has 0 spiro atoms. The number of aliphatic carboxylic acids is 2. The lowest BCUT2D eigenvalue weighted by atomic mass is 10.0. The Morgan fingerprint density at radius 2 is 1.40 bits per heavy atom. The monoisotopic (exact) mass is 595 g/mol. The van der Waals surface area contributed by atoms with E-state index in [1.165, 1.54) is 23.5 Å². The first-order chi connectivity index (χ1) is 19.1. The summed E-state index contributed by atoms with van der Waals surface area (Å²) in [5.74, 6) is -3.49. The second kappa shape index (κ2) is 16.8. The molecule has 1 aromatic carbocycles. The lowest BCUT2D eigenvalue weighted by molar-refractivity contribution is -0.143. The van der Waals surface area contributed by atoms with Crippen molar-refractivity contribution in [2.45, 2.75) is 56.3 Å². The number of rotatable bonds is 18. The number of nitrogens with two attached hydrogens (primary N) is 1. The average molecular weight is 596 g/mol. The molecule has 0 fully saturated rings. The van der Waals surface area contributed by atoms with Crippen LogP contribution < -0.4 is 21.7 Å². The predicted molar refractivity (Wildman–Crippen MR) is 156 cm³/mol. The number of carboxylic acids is 2. The molecule has 0 saturated carbocycles. The second-order valence-corrected chi connectivity index (χ2v) is 11.2. The maximum Gasteiger partial charge on any atom is 0.326 e. The van der Waals surface area contributed by atoms with Crippen molar-refractivity contribution in [2.75, 3.05) is 24.0 Å². The van der Waals surface area contributed by atoms with E-state index in [0.717, 1.165) is 16.5 Å². The van der Waals surface area contributed by atoms with Crippen molar-refractivity contribution in [3.8, 4) is 0 Å². The molecule has 3 amide bonds. The summed E-state index contributed by atoms with van der Waals surface area (Å²) in [5, 5.41) is 27.1. The summed E-state index contributed by atoms with van der Waals surface area (Å²) in [6, 6.07) is 3.09. The Labute approximate surface area is 241 Å². The van der Waals surface area contributed by atoms with Crippen molar-refractivity contribution in [1.82, 2.24) is 20.9 Å². The highest BCUT2D eigenvalue weighted by Gasteiger charge is 2.30. The maximum atomic E-state index is 13.2. The first-order valence-corrected chi connectivity index (χ1v) is 15.5. The molecule has 4 atom stereocenters. The van der Waals surface area contributed by atoms with Crippen molar-refractivity contribution in [3.05, 3.63) is 36.0 Å².